The summed E-state index contributed by atoms with van der Waals surface area (Å²) in [6.45, 7) is 4.56. The van der Waals surface area contributed by atoms with Crippen LogP contribution in [0.3, 0.4) is 0 Å². The Bertz CT molecular complexity index is 1090. The van der Waals surface area contributed by atoms with Gasteiger partial charge in [-0.1, -0.05) is 12.1 Å². The number of halogens is 3. The highest BCUT2D eigenvalue weighted by atomic mass is 32.1. The van der Waals surface area contributed by atoms with E-state index < -0.39 is 17.6 Å². The van der Waals surface area contributed by atoms with Crippen molar-refractivity contribution >= 4 is 23.2 Å². The van der Waals surface area contributed by atoms with Gasteiger partial charge in [-0.15, -0.1) is 16.4 Å². The minimum Gasteiger partial charge on any atom is -0.342 e. The van der Waals surface area contributed by atoms with Crippen LogP contribution in [0, 0.1) is 0 Å². The highest BCUT2D eigenvalue weighted by molar-refractivity contribution is 7.13. The number of likely N-dealkylation sites (N-methyl/N-ethyl adjacent to an activating group) is 2. The number of rotatable bonds is 7. The van der Waals surface area contributed by atoms with Gasteiger partial charge in [0.2, 0.25) is 11.7 Å². The number of carbonyl (C=O) groups excluding carboxylic acids is 2. The molecule has 0 aliphatic carbocycles. The zero-order valence-electron chi connectivity index (χ0n) is 17.8. The second-order valence-corrected chi connectivity index (χ2v) is 7.87. The van der Waals surface area contributed by atoms with Gasteiger partial charge in [-0.2, -0.15) is 13.2 Å². The zero-order chi connectivity index (χ0) is 23.5. The van der Waals surface area contributed by atoms with Crippen molar-refractivity contribution in [3.05, 3.63) is 53.2 Å². The molecule has 0 spiro atoms. The molecular weight excluding hydrogens is 443 g/mol. The average molecular weight is 466 g/mol. The highest BCUT2D eigenvalue weighted by Crippen LogP contribution is 2.32. The number of hydrogen-bond acceptors (Lipinski definition) is 5. The van der Waals surface area contributed by atoms with Crippen molar-refractivity contribution in [1.29, 1.82) is 0 Å². The van der Waals surface area contributed by atoms with E-state index in [-0.39, 0.29) is 29.8 Å². The first-order valence-electron chi connectivity index (χ1n) is 9.87. The SMILES string of the molecule is CCN(CC)C(=O)CN(C)C(=O)c1nc(-c2cccs2)n(-c2cccc(C(F)(F)F)c2)n1. The summed E-state index contributed by atoms with van der Waals surface area (Å²) < 4.78 is 40.8. The Morgan fingerprint density at radius 3 is 2.44 bits per heavy atom. The first-order chi connectivity index (χ1) is 15.2. The van der Waals surface area contributed by atoms with Gasteiger partial charge in [0.25, 0.3) is 5.91 Å². The molecule has 1 aromatic carbocycles. The fourth-order valence-electron chi connectivity index (χ4n) is 3.08. The fourth-order valence-corrected chi connectivity index (χ4v) is 3.78. The number of alkyl halides is 3. The van der Waals surface area contributed by atoms with Crippen LogP contribution >= 0.6 is 11.3 Å². The molecule has 2 aromatic heterocycles. The molecular formula is C21H22F3N5O2S. The van der Waals surface area contributed by atoms with Gasteiger partial charge >= 0.3 is 6.18 Å². The van der Waals surface area contributed by atoms with Crippen LogP contribution in [0.15, 0.2) is 41.8 Å². The molecule has 0 aliphatic rings. The van der Waals surface area contributed by atoms with Crippen LogP contribution < -0.4 is 0 Å². The van der Waals surface area contributed by atoms with Crippen LogP contribution in [-0.2, 0) is 11.0 Å². The second kappa shape index (κ2) is 9.51. The van der Waals surface area contributed by atoms with Gasteiger partial charge < -0.3 is 9.80 Å². The molecule has 7 nitrogen and oxygen atoms in total. The first kappa shape index (κ1) is 23.5. The van der Waals surface area contributed by atoms with Crippen molar-refractivity contribution < 1.29 is 22.8 Å². The molecule has 0 atom stereocenters. The first-order valence-corrected chi connectivity index (χ1v) is 10.8. The number of carbonyl (C=O) groups is 2. The molecule has 170 valence electrons. The second-order valence-electron chi connectivity index (χ2n) is 6.92. The van der Waals surface area contributed by atoms with Crippen LogP contribution in [0.4, 0.5) is 13.2 Å². The van der Waals surface area contributed by atoms with E-state index in [4.69, 9.17) is 0 Å². The lowest BCUT2D eigenvalue weighted by Crippen LogP contribution is -2.41. The van der Waals surface area contributed by atoms with Crippen LogP contribution in [0.2, 0.25) is 0 Å². The summed E-state index contributed by atoms with van der Waals surface area (Å²) >= 11 is 1.32. The third-order valence-corrected chi connectivity index (χ3v) is 5.66. The molecule has 0 bridgehead atoms. The topological polar surface area (TPSA) is 71.3 Å². The molecule has 0 saturated heterocycles. The van der Waals surface area contributed by atoms with Gasteiger partial charge in [0.15, 0.2) is 5.82 Å². The van der Waals surface area contributed by atoms with E-state index in [1.54, 1.807) is 22.4 Å². The number of benzene rings is 1. The Hall–Kier alpha value is -3.21. The molecule has 32 heavy (non-hydrogen) atoms. The smallest absolute Gasteiger partial charge is 0.342 e. The Balaban J connectivity index is 1.98. The molecule has 2 amide bonds. The molecule has 0 aliphatic heterocycles. The van der Waals surface area contributed by atoms with E-state index in [2.05, 4.69) is 10.1 Å². The normalized spacial score (nSPS) is 11.4. The Morgan fingerprint density at radius 1 is 1.12 bits per heavy atom. The van der Waals surface area contributed by atoms with Crippen molar-refractivity contribution in [1.82, 2.24) is 24.6 Å². The summed E-state index contributed by atoms with van der Waals surface area (Å²) in [5.41, 5.74) is -0.714. The summed E-state index contributed by atoms with van der Waals surface area (Å²) in [5, 5.41) is 5.99. The maximum absolute atomic E-state index is 13.2. The third-order valence-electron chi connectivity index (χ3n) is 4.79. The Kier molecular flexibility index (Phi) is 6.97. The molecule has 0 N–H and O–H groups in total. The maximum Gasteiger partial charge on any atom is 0.416 e. The Morgan fingerprint density at radius 2 is 1.84 bits per heavy atom. The lowest BCUT2D eigenvalue weighted by Gasteiger charge is -2.22. The van der Waals surface area contributed by atoms with Gasteiger partial charge in [0.1, 0.15) is 0 Å². The van der Waals surface area contributed by atoms with Gasteiger partial charge in [0, 0.05) is 20.1 Å². The van der Waals surface area contributed by atoms with Crippen LogP contribution in [0.25, 0.3) is 16.4 Å². The monoisotopic (exact) mass is 465 g/mol. The van der Waals surface area contributed by atoms with Gasteiger partial charge in [-0.3, -0.25) is 9.59 Å². The standard InChI is InChI=1S/C21H22F3N5O2S/c1-4-28(5-2)17(30)13-27(3)20(31)18-25-19(16-10-7-11-32-16)29(26-18)15-9-6-8-14(12-15)21(22,23)24/h6-12H,4-5,13H2,1-3H3. The lowest BCUT2D eigenvalue weighted by atomic mass is 10.2. The molecule has 3 rings (SSSR count). The van der Waals surface area contributed by atoms with E-state index >= 15 is 0 Å². The summed E-state index contributed by atoms with van der Waals surface area (Å²) in [4.78, 5) is 33.0. The van der Waals surface area contributed by atoms with E-state index in [1.807, 2.05) is 13.8 Å². The number of aromatic nitrogens is 3. The van der Waals surface area contributed by atoms with Gasteiger partial charge in [0.05, 0.1) is 22.7 Å². The van der Waals surface area contributed by atoms with Crippen LogP contribution in [0.1, 0.15) is 30.0 Å². The number of amides is 2. The summed E-state index contributed by atoms with van der Waals surface area (Å²) in [6.07, 6.45) is -4.52. The molecule has 2 heterocycles. The van der Waals surface area contributed by atoms with Crippen molar-refractivity contribution in [2.75, 3.05) is 26.7 Å². The van der Waals surface area contributed by atoms with Crippen LogP contribution in [-0.4, -0.2) is 63.1 Å². The number of nitrogens with zero attached hydrogens (tertiary/aromatic N) is 5. The van der Waals surface area contributed by atoms with Gasteiger partial charge in [-0.25, -0.2) is 9.67 Å². The summed E-state index contributed by atoms with van der Waals surface area (Å²) in [6, 6.07) is 8.15. The fraction of sp³-hybridized carbons (Fsp3) is 0.333. The molecule has 0 fully saturated rings. The maximum atomic E-state index is 13.2. The van der Waals surface area contributed by atoms with Crippen molar-refractivity contribution in [2.45, 2.75) is 20.0 Å². The minimum absolute atomic E-state index is 0.122. The van der Waals surface area contributed by atoms with E-state index in [0.29, 0.717) is 18.0 Å². The molecule has 11 heteroatoms. The molecule has 0 radical (unpaired) electrons. The van der Waals surface area contributed by atoms with Crippen LogP contribution in [0.5, 0.6) is 0 Å². The zero-order valence-corrected chi connectivity index (χ0v) is 18.6. The van der Waals surface area contributed by atoms with Crippen molar-refractivity contribution in [3.63, 3.8) is 0 Å². The molecule has 0 unspecified atom stereocenters. The van der Waals surface area contributed by atoms with E-state index in [1.165, 1.54) is 40.1 Å². The molecule has 3 aromatic rings. The average Bonchev–Trinajstić information content (AvgIpc) is 3.43. The van der Waals surface area contributed by atoms with Crippen molar-refractivity contribution in [2.24, 2.45) is 0 Å². The predicted molar refractivity (Wildman–Crippen MR) is 115 cm³/mol. The van der Waals surface area contributed by atoms with E-state index in [9.17, 15) is 22.8 Å². The quantitative estimate of drug-likeness (QED) is 0.530. The minimum atomic E-state index is -4.52. The van der Waals surface area contributed by atoms with Gasteiger partial charge in [-0.05, 0) is 43.5 Å². The highest BCUT2D eigenvalue weighted by Gasteiger charge is 2.31. The predicted octanol–water partition coefficient (Wildman–Crippen LogP) is 3.96. The summed E-state index contributed by atoms with van der Waals surface area (Å²) in [5.74, 6) is -0.789. The Labute approximate surface area is 187 Å². The lowest BCUT2D eigenvalue weighted by molar-refractivity contribution is -0.137. The summed E-state index contributed by atoms with van der Waals surface area (Å²) in [7, 11) is 1.46. The largest absolute Gasteiger partial charge is 0.416 e. The van der Waals surface area contributed by atoms with E-state index in [0.717, 1.165) is 12.1 Å². The number of hydrogen-bond donors (Lipinski definition) is 0. The van der Waals surface area contributed by atoms with Crippen molar-refractivity contribution in [3.8, 4) is 16.4 Å². The molecule has 0 saturated carbocycles. The number of thiophene rings is 1. The third kappa shape index (κ3) is 4.98.